The fraction of sp³-hybridized carbons (Fsp3) is 0.200. The van der Waals surface area contributed by atoms with Gasteiger partial charge in [-0.25, -0.2) is 0 Å². The average Bonchev–Trinajstić information content (AvgIpc) is 3.10. The van der Waals surface area contributed by atoms with Crippen molar-refractivity contribution in [3.63, 3.8) is 0 Å². The van der Waals surface area contributed by atoms with E-state index in [1.54, 1.807) is 0 Å². The monoisotopic (exact) mass is 550 g/mol. The number of benzene rings is 4. The molecule has 2 aliphatic carbocycles. The van der Waals surface area contributed by atoms with Crippen molar-refractivity contribution in [2.75, 3.05) is 6.61 Å². The van der Waals surface area contributed by atoms with Gasteiger partial charge < -0.3 is 9.47 Å². The summed E-state index contributed by atoms with van der Waals surface area (Å²) in [6.07, 6.45) is 1.50. The van der Waals surface area contributed by atoms with Crippen LogP contribution in [-0.4, -0.2) is 12.7 Å². The molecule has 36 heavy (non-hydrogen) atoms. The van der Waals surface area contributed by atoms with Crippen LogP contribution in [0.4, 0.5) is 0 Å². The molecule has 0 saturated carbocycles. The molecule has 178 valence electrons. The highest BCUT2D eigenvalue weighted by atomic mass is 35.5. The van der Waals surface area contributed by atoms with Gasteiger partial charge in [-0.15, -0.1) is 0 Å². The zero-order valence-electron chi connectivity index (χ0n) is 18.9. The van der Waals surface area contributed by atoms with Crippen LogP contribution in [0.5, 0.6) is 0 Å². The van der Waals surface area contributed by atoms with Crippen molar-refractivity contribution in [2.45, 2.75) is 30.7 Å². The number of hydrogen-bond acceptors (Lipinski definition) is 2. The number of halogens is 4. The zero-order chi connectivity index (χ0) is 24.3. The number of fused-ring (bicyclic) bond motifs is 7. The van der Waals surface area contributed by atoms with Gasteiger partial charge in [-0.05, 0) is 111 Å². The maximum atomic E-state index is 6.62. The second-order valence-corrected chi connectivity index (χ2v) is 11.8. The number of ether oxygens (including phenoxy) is 2. The summed E-state index contributed by atoms with van der Waals surface area (Å²) in [6, 6.07) is 20.4. The number of epoxide rings is 1. The Morgan fingerprint density at radius 2 is 1.22 bits per heavy atom. The molecule has 3 atom stereocenters. The minimum absolute atomic E-state index is 0.0554. The number of hydrogen-bond donors (Lipinski definition) is 0. The van der Waals surface area contributed by atoms with Gasteiger partial charge in [0.1, 0.15) is 6.10 Å². The molecule has 4 aromatic carbocycles. The molecule has 2 nitrogen and oxygen atoms in total. The minimum Gasteiger partial charge on any atom is -0.343 e. The molecular weight excluding hydrogens is 534 g/mol. The molecule has 2 saturated heterocycles. The van der Waals surface area contributed by atoms with Gasteiger partial charge in [0.25, 0.3) is 0 Å². The summed E-state index contributed by atoms with van der Waals surface area (Å²) < 4.78 is 13.0. The molecule has 0 spiro atoms. The first-order valence-corrected chi connectivity index (χ1v) is 13.5. The Morgan fingerprint density at radius 1 is 0.639 bits per heavy atom. The lowest BCUT2D eigenvalue weighted by Gasteiger charge is -2.17. The largest absolute Gasteiger partial charge is 0.343 e. The van der Waals surface area contributed by atoms with E-state index in [-0.39, 0.29) is 12.0 Å². The second kappa shape index (κ2) is 7.51. The lowest BCUT2D eigenvalue weighted by molar-refractivity contribution is -0.0464. The summed E-state index contributed by atoms with van der Waals surface area (Å²) in [5, 5.41) is 2.91. The van der Waals surface area contributed by atoms with Gasteiger partial charge in [0, 0.05) is 31.6 Å². The van der Waals surface area contributed by atoms with Crippen LogP contribution in [-0.2, 0) is 28.1 Å². The van der Waals surface area contributed by atoms with E-state index in [1.807, 2.05) is 30.3 Å². The predicted octanol–water partition coefficient (Wildman–Crippen LogP) is 8.81. The summed E-state index contributed by atoms with van der Waals surface area (Å²) in [4.78, 5) is 0. The predicted molar refractivity (Wildman–Crippen MR) is 145 cm³/mol. The van der Waals surface area contributed by atoms with Gasteiger partial charge >= 0.3 is 0 Å². The normalized spacial score (nSPS) is 24.2. The van der Waals surface area contributed by atoms with Crippen LogP contribution >= 0.6 is 46.4 Å². The maximum Gasteiger partial charge on any atom is 0.224 e. The van der Waals surface area contributed by atoms with Crippen molar-refractivity contribution in [1.29, 1.82) is 0 Å². The zero-order valence-corrected chi connectivity index (χ0v) is 21.9. The van der Waals surface area contributed by atoms with E-state index in [0.717, 1.165) is 39.0 Å². The molecule has 0 N–H and O–H groups in total. The third-order valence-corrected chi connectivity index (χ3v) is 8.98. The van der Waals surface area contributed by atoms with Gasteiger partial charge in [0.15, 0.2) is 0 Å². The lowest BCUT2D eigenvalue weighted by Crippen LogP contribution is -2.13. The highest BCUT2D eigenvalue weighted by Crippen LogP contribution is 2.63. The molecule has 0 amide bonds. The third kappa shape index (κ3) is 3.01. The summed E-state index contributed by atoms with van der Waals surface area (Å²) in [5.74, 6) is -0.753. The fourth-order valence-corrected chi connectivity index (χ4v) is 7.50. The minimum atomic E-state index is -0.808. The van der Waals surface area contributed by atoms with E-state index in [4.69, 9.17) is 55.9 Å². The Balaban J connectivity index is 1.24. The molecule has 2 aliphatic heterocycles. The first-order chi connectivity index (χ1) is 17.4. The molecule has 4 aromatic rings. The van der Waals surface area contributed by atoms with Gasteiger partial charge in [-0.2, -0.15) is 0 Å². The summed E-state index contributed by atoms with van der Waals surface area (Å²) in [5.41, 5.74) is 11.8. The molecule has 3 unspecified atom stereocenters. The molecule has 6 heteroatoms. The summed E-state index contributed by atoms with van der Waals surface area (Å²) in [7, 11) is 0. The van der Waals surface area contributed by atoms with Crippen LogP contribution in [0.3, 0.4) is 0 Å². The van der Waals surface area contributed by atoms with Gasteiger partial charge in [-0.3, -0.25) is 0 Å². The van der Waals surface area contributed by atoms with Crippen LogP contribution in [0.1, 0.15) is 39.3 Å². The van der Waals surface area contributed by atoms with E-state index < -0.39 is 5.79 Å². The van der Waals surface area contributed by atoms with E-state index in [0.29, 0.717) is 11.6 Å². The molecule has 0 bridgehead atoms. The Kier molecular flexibility index (Phi) is 4.59. The fourth-order valence-electron chi connectivity index (χ4n) is 6.62. The number of rotatable bonds is 2. The van der Waals surface area contributed by atoms with Gasteiger partial charge in [0.05, 0.1) is 6.61 Å². The van der Waals surface area contributed by atoms with Crippen LogP contribution in [0, 0.1) is 0 Å². The van der Waals surface area contributed by atoms with Crippen LogP contribution in [0.15, 0.2) is 60.7 Å². The SMILES string of the molecule is Clc1ccc2c(c1)Cc1cc(Cl)cc(C3COC4(c5cc(Cl)cc6c5-c5ccc(Cl)cc5C6)OC34)c1-2. The smallest absolute Gasteiger partial charge is 0.224 e. The first kappa shape index (κ1) is 22.0. The van der Waals surface area contributed by atoms with Gasteiger partial charge in [0.2, 0.25) is 5.79 Å². The quantitative estimate of drug-likeness (QED) is 0.200. The van der Waals surface area contributed by atoms with E-state index in [2.05, 4.69) is 30.3 Å². The molecular formula is C30H18Cl4O2. The second-order valence-electron chi connectivity index (χ2n) is 10.1. The van der Waals surface area contributed by atoms with Crippen LogP contribution in [0.25, 0.3) is 22.3 Å². The van der Waals surface area contributed by atoms with Crippen molar-refractivity contribution in [3.8, 4) is 22.3 Å². The Bertz CT molecular complexity index is 1650. The van der Waals surface area contributed by atoms with Gasteiger partial charge in [-0.1, -0.05) is 58.5 Å². The van der Waals surface area contributed by atoms with Crippen molar-refractivity contribution < 1.29 is 9.47 Å². The van der Waals surface area contributed by atoms with Crippen molar-refractivity contribution in [3.05, 3.63) is 114 Å². The Hall–Kier alpha value is -2.04. The molecule has 2 heterocycles. The Morgan fingerprint density at radius 3 is 1.89 bits per heavy atom. The lowest BCUT2D eigenvalue weighted by atomic mass is 9.86. The third-order valence-electron chi connectivity index (χ3n) is 8.07. The van der Waals surface area contributed by atoms with E-state index in [9.17, 15) is 0 Å². The standard InChI is InChI=1S/C30H18Cl4O2/c31-18-1-3-22-14(7-18)5-16-9-20(33)11-24(27(16)22)25-13-35-30(29(25)36-30)26-12-21(34)10-17-6-15-8-19(32)2-4-23(15)28(17)26/h1-4,7-12,25,29H,5-6,13H2. The molecule has 0 radical (unpaired) electrons. The molecule has 0 aromatic heterocycles. The van der Waals surface area contributed by atoms with Crippen LogP contribution in [0.2, 0.25) is 20.1 Å². The van der Waals surface area contributed by atoms with Crippen molar-refractivity contribution in [2.24, 2.45) is 0 Å². The highest BCUT2D eigenvalue weighted by Gasteiger charge is 2.69. The Labute approximate surface area is 228 Å². The maximum absolute atomic E-state index is 6.62. The van der Waals surface area contributed by atoms with E-state index >= 15 is 0 Å². The summed E-state index contributed by atoms with van der Waals surface area (Å²) >= 11 is 25.8. The van der Waals surface area contributed by atoms with E-state index in [1.165, 1.54) is 44.5 Å². The van der Waals surface area contributed by atoms with Crippen molar-refractivity contribution >= 4 is 46.4 Å². The van der Waals surface area contributed by atoms with Crippen LogP contribution < -0.4 is 0 Å². The average molecular weight is 552 g/mol. The molecule has 4 aliphatic rings. The first-order valence-electron chi connectivity index (χ1n) is 12.0. The highest BCUT2D eigenvalue weighted by molar-refractivity contribution is 6.32. The topological polar surface area (TPSA) is 21.8 Å². The molecule has 8 rings (SSSR count). The molecule has 2 fully saturated rings. The van der Waals surface area contributed by atoms with Crippen molar-refractivity contribution in [1.82, 2.24) is 0 Å². The summed E-state index contributed by atoms with van der Waals surface area (Å²) in [6.45, 7) is 0.551.